The van der Waals surface area contributed by atoms with Crippen molar-refractivity contribution in [3.8, 4) is 5.75 Å². The second kappa shape index (κ2) is 11.4. The molecule has 0 aliphatic carbocycles. The largest absolute Gasteiger partial charge is 0.497 e. The Bertz CT molecular complexity index is 1120. The van der Waals surface area contributed by atoms with Gasteiger partial charge in [-0.05, 0) is 67.7 Å². The number of amides is 2. The highest BCUT2D eigenvalue weighted by Crippen LogP contribution is 2.29. The van der Waals surface area contributed by atoms with Crippen LogP contribution < -0.4 is 15.0 Å². The maximum atomic E-state index is 13.3. The van der Waals surface area contributed by atoms with E-state index in [1.807, 2.05) is 0 Å². The highest BCUT2D eigenvalue weighted by Gasteiger charge is 2.45. The predicted molar refractivity (Wildman–Crippen MR) is 131 cm³/mol. The number of nitrogens with zero attached hydrogens (tertiary/aromatic N) is 2. The molecule has 1 heterocycles. The Balaban J connectivity index is 1.77. The van der Waals surface area contributed by atoms with Crippen LogP contribution in [0.5, 0.6) is 5.75 Å². The Morgan fingerprint density at radius 1 is 1.03 bits per heavy atom. The molecule has 0 aromatic heterocycles. The Labute approximate surface area is 207 Å². The number of carbonyl (C=O) groups is 4. The standard InChI is InChI=1S/C24H25N3O7S/c1-4-34-23(31)15-5-7-16(8-6-15)25-20(28)13-19-22(30)27(17-9-11-18(32-2)12-10-17)24(35)26(19)14-21(29)33-3/h5-12,19H,4,13-14H2,1-3H3,(H,25,28). The first-order valence-electron chi connectivity index (χ1n) is 10.7. The van der Waals surface area contributed by atoms with E-state index in [0.29, 0.717) is 22.7 Å². The lowest BCUT2D eigenvalue weighted by molar-refractivity contribution is -0.141. The Kier molecular flexibility index (Phi) is 8.37. The topological polar surface area (TPSA) is 114 Å². The second-order valence-corrected chi connectivity index (χ2v) is 7.79. The number of hydrogen-bond acceptors (Lipinski definition) is 8. The van der Waals surface area contributed by atoms with Crippen LogP contribution >= 0.6 is 12.2 Å². The second-order valence-electron chi connectivity index (χ2n) is 7.42. The predicted octanol–water partition coefficient (Wildman–Crippen LogP) is 2.38. The van der Waals surface area contributed by atoms with Gasteiger partial charge < -0.3 is 24.4 Å². The molecule has 35 heavy (non-hydrogen) atoms. The Morgan fingerprint density at radius 2 is 1.69 bits per heavy atom. The molecule has 11 heteroatoms. The lowest BCUT2D eigenvalue weighted by Gasteiger charge is -2.22. The average molecular weight is 500 g/mol. The van der Waals surface area contributed by atoms with Gasteiger partial charge in [0.25, 0.3) is 5.91 Å². The van der Waals surface area contributed by atoms with Crippen molar-refractivity contribution in [2.75, 3.05) is 37.6 Å². The molecule has 10 nitrogen and oxygen atoms in total. The molecule has 0 radical (unpaired) electrons. The molecule has 1 unspecified atom stereocenters. The third-order valence-electron chi connectivity index (χ3n) is 5.23. The third kappa shape index (κ3) is 5.93. The number of thiocarbonyl (C=S) groups is 1. The van der Waals surface area contributed by atoms with Crippen molar-refractivity contribution < 1.29 is 33.4 Å². The third-order valence-corrected chi connectivity index (χ3v) is 5.65. The molecule has 2 aromatic carbocycles. The van der Waals surface area contributed by atoms with Gasteiger partial charge in [0.05, 0.1) is 38.5 Å². The zero-order valence-corrected chi connectivity index (χ0v) is 20.3. The summed E-state index contributed by atoms with van der Waals surface area (Å²) >= 11 is 5.48. The van der Waals surface area contributed by atoms with Gasteiger partial charge in [0.2, 0.25) is 5.91 Å². The molecule has 3 rings (SSSR count). The summed E-state index contributed by atoms with van der Waals surface area (Å²) in [5.74, 6) is -1.38. The van der Waals surface area contributed by atoms with E-state index in [4.69, 9.17) is 26.4 Å². The van der Waals surface area contributed by atoms with E-state index in [9.17, 15) is 19.2 Å². The first-order chi connectivity index (χ1) is 16.8. The molecular formula is C24H25N3O7S. The fraction of sp³-hybridized carbons (Fsp3) is 0.292. The first kappa shape index (κ1) is 25.6. The molecule has 1 saturated heterocycles. The minimum absolute atomic E-state index is 0.0853. The summed E-state index contributed by atoms with van der Waals surface area (Å²) in [6.07, 6.45) is -0.262. The quantitative estimate of drug-likeness (QED) is 0.410. The molecule has 0 bridgehead atoms. The van der Waals surface area contributed by atoms with Gasteiger partial charge in [0.15, 0.2) is 5.11 Å². The van der Waals surface area contributed by atoms with Crippen molar-refractivity contribution in [3.05, 3.63) is 54.1 Å². The molecule has 184 valence electrons. The van der Waals surface area contributed by atoms with Crippen LogP contribution in [0, 0.1) is 0 Å². The molecule has 2 amide bonds. The van der Waals surface area contributed by atoms with Gasteiger partial charge >= 0.3 is 11.9 Å². The number of anilines is 2. The number of methoxy groups -OCH3 is 2. The van der Waals surface area contributed by atoms with E-state index in [2.05, 4.69) is 5.32 Å². The SMILES string of the molecule is CCOC(=O)c1ccc(NC(=O)CC2C(=O)N(c3ccc(OC)cc3)C(=S)N2CC(=O)OC)cc1. The van der Waals surface area contributed by atoms with Gasteiger partial charge in [-0.25, -0.2) is 4.79 Å². The smallest absolute Gasteiger partial charge is 0.338 e. The number of esters is 2. The average Bonchev–Trinajstić information content (AvgIpc) is 3.08. The van der Waals surface area contributed by atoms with Gasteiger partial charge in [-0.15, -0.1) is 0 Å². The molecule has 0 saturated carbocycles. The van der Waals surface area contributed by atoms with Gasteiger partial charge in [-0.1, -0.05) is 0 Å². The van der Waals surface area contributed by atoms with Crippen LogP contribution in [0.1, 0.15) is 23.7 Å². The summed E-state index contributed by atoms with van der Waals surface area (Å²) in [4.78, 5) is 52.5. The fourth-order valence-electron chi connectivity index (χ4n) is 3.48. The summed E-state index contributed by atoms with van der Waals surface area (Å²) in [5, 5.41) is 2.78. The number of hydrogen-bond donors (Lipinski definition) is 1. The summed E-state index contributed by atoms with van der Waals surface area (Å²) in [6, 6.07) is 11.8. The van der Waals surface area contributed by atoms with Crippen molar-refractivity contribution in [2.45, 2.75) is 19.4 Å². The highest BCUT2D eigenvalue weighted by molar-refractivity contribution is 7.80. The minimum atomic E-state index is -1.01. The Morgan fingerprint density at radius 3 is 2.26 bits per heavy atom. The lowest BCUT2D eigenvalue weighted by atomic mass is 10.1. The number of carbonyl (C=O) groups excluding carboxylic acids is 4. The lowest BCUT2D eigenvalue weighted by Crippen LogP contribution is -2.41. The Hall–Kier alpha value is -3.99. The maximum absolute atomic E-state index is 13.3. The minimum Gasteiger partial charge on any atom is -0.497 e. The van der Waals surface area contributed by atoms with Gasteiger partial charge in [-0.3, -0.25) is 19.3 Å². The van der Waals surface area contributed by atoms with E-state index in [1.165, 1.54) is 36.2 Å². The monoisotopic (exact) mass is 499 g/mol. The fourth-order valence-corrected chi connectivity index (χ4v) is 3.87. The number of nitrogens with one attached hydrogen (secondary N) is 1. The molecule has 1 aliphatic heterocycles. The van der Waals surface area contributed by atoms with Crippen LogP contribution in [-0.2, 0) is 23.9 Å². The maximum Gasteiger partial charge on any atom is 0.338 e. The van der Waals surface area contributed by atoms with Crippen LogP contribution in [0.25, 0.3) is 0 Å². The first-order valence-corrected chi connectivity index (χ1v) is 11.1. The van der Waals surface area contributed by atoms with Crippen LogP contribution in [0.2, 0.25) is 0 Å². The summed E-state index contributed by atoms with van der Waals surface area (Å²) in [6.45, 7) is 1.67. The zero-order chi connectivity index (χ0) is 25.5. The van der Waals surface area contributed by atoms with E-state index in [0.717, 1.165) is 0 Å². The van der Waals surface area contributed by atoms with E-state index < -0.39 is 29.8 Å². The summed E-state index contributed by atoms with van der Waals surface area (Å²) in [7, 11) is 2.75. The van der Waals surface area contributed by atoms with E-state index in [-0.39, 0.29) is 24.7 Å². The van der Waals surface area contributed by atoms with Crippen LogP contribution in [-0.4, -0.2) is 67.2 Å². The van der Waals surface area contributed by atoms with Gasteiger partial charge in [-0.2, -0.15) is 0 Å². The summed E-state index contributed by atoms with van der Waals surface area (Å²) < 4.78 is 14.8. The van der Waals surface area contributed by atoms with Crippen LogP contribution in [0.15, 0.2) is 48.5 Å². The van der Waals surface area contributed by atoms with Crippen molar-refractivity contribution in [2.24, 2.45) is 0 Å². The number of ether oxygens (including phenoxy) is 3. The van der Waals surface area contributed by atoms with Gasteiger partial charge in [0.1, 0.15) is 18.3 Å². The van der Waals surface area contributed by atoms with E-state index >= 15 is 0 Å². The molecular weight excluding hydrogens is 474 g/mol. The van der Waals surface area contributed by atoms with Crippen LogP contribution in [0.3, 0.4) is 0 Å². The molecule has 2 aromatic rings. The van der Waals surface area contributed by atoms with Gasteiger partial charge in [0, 0.05) is 5.69 Å². The summed E-state index contributed by atoms with van der Waals surface area (Å²) in [5.41, 5.74) is 1.26. The van der Waals surface area contributed by atoms with Crippen molar-refractivity contribution in [3.63, 3.8) is 0 Å². The van der Waals surface area contributed by atoms with Crippen molar-refractivity contribution in [1.82, 2.24) is 4.90 Å². The molecule has 1 fully saturated rings. The normalized spacial score (nSPS) is 15.1. The number of rotatable bonds is 9. The molecule has 1 aliphatic rings. The highest BCUT2D eigenvalue weighted by atomic mass is 32.1. The van der Waals surface area contributed by atoms with Crippen molar-refractivity contribution >= 4 is 52.5 Å². The molecule has 1 N–H and O–H groups in total. The van der Waals surface area contributed by atoms with Crippen molar-refractivity contribution in [1.29, 1.82) is 0 Å². The molecule has 1 atom stereocenters. The zero-order valence-electron chi connectivity index (χ0n) is 19.5. The van der Waals surface area contributed by atoms with E-state index in [1.54, 1.807) is 43.3 Å². The van der Waals surface area contributed by atoms with Crippen LogP contribution in [0.4, 0.5) is 11.4 Å². The molecule has 0 spiro atoms. The number of benzene rings is 2.